The van der Waals surface area contributed by atoms with E-state index in [0.717, 1.165) is 66.1 Å². The zero-order valence-electron chi connectivity index (χ0n) is 20.8. The molecule has 1 saturated carbocycles. The van der Waals surface area contributed by atoms with E-state index in [1.54, 1.807) is 6.33 Å². The molecule has 2 aromatic heterocycles. The Labute approximate surface area is 212 Å². The number of fused-ring (bicyclic) bond motifs is 1. The van der Waals surface area contributed by atoms with E-state index in [1.165, 1.54) is 12.8 Å². The number of aromatic nitrogens is 3. The monoisotopic (exact) mass is 482 g/mol. The first-order chi connectivity index (χ1) is 17.7. The van der Waals surface area contributed by atoms with Gasteiger partial charge in [0.1, 0.15) is 29.3 Å². The second kappa shape index (κ2) is 9.91. The molecule has 186 valence electrons. The van der Waals surface area contributed by atoms with Crippen LogP contribution >= 0.6 is 0 Å². The van der Waals surface area contributed by atoms with Gasteiger partial charge in [-0.3, -0.25) is 4.90 Å². The number of anilines is 1. The highest BCUT2D eigenvalue weighted by Gasteiger charge is 2.30. The van der Waals surface area contributed by atoms with Gasteiger partial charge in [0.2, 0.25) is 0 Å². The SMILES string of the molecule is C[C@@H]1CN([C@H]2CC[C@H](n3cc(-c4ccc(Oc5ccccc5)cc4)c4c(N)ncnc43)CC2)CCN1. The van der Waals surface area contributed by atoms with E-state index in [0.29, 0.717) is 23.9 Å². The molecular formula is C29H34N6O. The maximum Gasteiger partial charge on any atom is 0.146 e. The lowest BCUT2D eigenvalue weighted by atomic mass is 9.89. The van der Waals surface area contributed by atoms with Crippen LogP contribution in [0.25, 0.3) is 22.2 Å². The van der Waals surface area contributed by atoms with Crippen LogP contribution in [0.4, 0.5) is 5.82 Å². The lowest BCUT2D eigenvalue weighted by Crippen LogP contribution is -2.53. The lowest BCUT2D eigenvalue weighted by molar-refractivity contribution is 0.107. The first-order valence-electron chi connectivity index (χ1n) is 13.1. The summed E-state index contributed by atoms with van der Waals surface area (Å²) in [4.78, 5) is 11.7. The summed E-state index contributed by atoms with van der Waals surface area (Å²) in [5.41, 5.74) is 9.50. The fourth-order valence-electron chi connectivity index (χ4n) is 5.93. The summed E-state index contributed by atoms with van der Waals surface area (Å²) in [5.74, 6) is 2.16. The van der Waals surface area contributed by atoms with Crippen molar-refractivity contribution in [3.8, 4) is 22.6 Å². The molecule has 1 aliphatic carbocycles. The van der Waals surface area contributed by atoms with Crippen LogP contribution in [-0.2, 0) is 0 Å². The van der Waals surface area contributed by atoms with Crippen molar-refractivity contribution < 1.29 is 4.74 Å². The highest BCUT2D eigenvalue weighted by Crippen LogP contribution is 2.39. The summed E-state index contributed by atoms with van der Waals surface area (Å²) < 4.78 is 8.34. The van der Waals surface area contributed by atoms with Crippen molar-refractivity contribution in [1.29, 1.82) is 0 Å². The number of nitrogens with two attached hydrogens (primary N) is 1. The van der Waals surface area contributed by atoms with Gasteiger partial charge in [0, 0.05) is 49.5 Å². The molecule has 2 aromatic carbocycles. The van der Waals surface area contributed by atoms with Gasteiger partial charge < -0.3 is 20.4 Å². The van der Waals surface area contributed by atoms with Crippen molar-refractivity contribution >= 4 is 16.9 Å². The van der Waals surface area contributed by atoms with E-state index in [2.05, 4.69) is 50.0 Å². The fourth-order valence-corrected chi connectivity index (χ4v) is 5.93. The Morgan fingerprint density at radius 2 is 1.64 bits per heavy atom. The van der Waals surface area contributed by atoms with Crippen molar-refractivity contribution in [3.05, 3.63) is 67.1 Å². The largest absolute Gasteiger partial charge is 0.457 e. The van der Waals surface area contributed by atoms with Crippen LogP contribution in [0.15, 0.2) is 67.1 Å². The van der Waals surface area contributed by atoms with Gasteiger partial charge in [-0.2, -0.15) is 0 Å². The second-order valence-electron chi connectivity index (χ2n) is 10.2. The minimum Gasteiger partial charge on any atom is -0.457 e. The average molecular weight is 483 g/mol. The van der Waals surface area contributed by atoms with Gasteiger partial charge >= 0.3 is 0 Å². The number of nitrogens with one attached hydrogen (secondary N) is 1. The lowest BCUT2D eigenvalue weighted by Gasteiger charge is -2.41. The van der Waals surface area contributed by atoms with Gasteiger partial charge in [-0.05, 0) is 62.4 Å². The Kier molecular flexibility index (Phi) is 6.34. The van der Waals surface area contributed by atoms with E-state index < -0.39 is 0 Å². The average Bonchev–Trinajstić information content (AvgIpc) is 3.31. The molecule has 3 N–H and O–H groups in total. The van der Waals surface area contributed by atoms with E-state index in [4.69, 9.17) is 10.5 Å². The van der Waals surface area contributed by atoms with Crippen molar-refractivity contribution in [1.82, 2.24) is 24.8 Å². The van der Waals surface area contributed by atoms with Crippen molar-refractivity contribution in [3.63, 3.8) is 0 Å². The van der Waals surface area contributed by atoms with E-state index in [1.807, 2.05) is 42.5 Å². The van der Waals surface area contributed by atoms with E-state index >= 15 is 0 Å². The molecule has 1 saturated heterocycles. The van der Waals surface area contributed by atoms with Crippen LogP contribution in [-0.4, -0.2) is 51.2 Å². The van der Waals surface area contributed by atoms with E-state index in [-0.39, 0.29) is 0 Å². The molecule has 0 spiro atoms. The Morgan fingerprint density at radius 3 is 2.39 bits per heavy atom. The van der Waals surface area contributed by atoms with Crippen LogP contribution in [0.5, 0.6) is 11.5 Å². The Morgan fingerprint density at radius 1 is 0.917 bits per heavy atom. The van der Waals surface area contributed by atoms with Crippen molar-refractivity contribution in [2.24, 2.45) is 0 Å². The molecular weight excluding hydrogens is 448 g/mol. The Hall–Kier alpha value is -3.42. The van der Waals surface area contributed by atoms with Crippen LogP contribution in [0.1, 0.15) is 38.6 Å². The molecule has 0 radical (unpaired) electrons. The number of piperazine rings is 1. The third-order valence-electron chi connectivity index (χ3n) is 7.76. The Balaban J connectivity index is 1.25. The zero-order valence-corrected chi connectivity index (χ0v) is 20.8. The minimum absolute atomic E-state index is 0.424. The maximum atomic E-state index is 6.40. The predicted molar refractivity (Wildman–Crippen MR) is 144 cm³/mol. The van der Waals surface area contributed by atoms with Gasteiger partial charge in [-0.1, -0.05) is 30.3 Å². The number of ether oxygens (including phenoxy) is 1. The molecule has 4 aromatic rings. The van der Waals surface area contributed by atoms with Gasteiger partial charge in [-0.15, -0.1) is 0 Å². The molecule has 6 rings (SSSR count). The molecule has 3 heterocycles. The normalized spacial score (nSPS) is 23.1. The quantitative estimate of drug-likeness (QED) is 0.404. The van der Waals surface area contributed by atoms with Crippen LogP contribution in [0.3, 0.4) is 0 Å². The predicted octanol–water partition coefficient (Wildman–Crippen LogP) is 5.25. The fraction of sp³-hybridized carbons (Fsp3) is 0.379. The first kappa shape index (κ1) is 23.0. The molecule has 36 heavy (non-hydrogen) atoms. The van der Waals surface area contributed by atoms with Crippen LogP contribution < -0.4 is 15.8 Å². The van der Waals surface area contributed by atoms with Crippen LogP contribution in [0, 0.1) is 0 Å². The summed E-state index contributed by atoms with van der Waals surface area (Å²) in [5, 5.41) is 4.50. The molecule has 0 unspecified atom stereocenters. The molecule has 1 atom stereocenters. The third-order valence-corrected chi connectivity index (χ3v) is 7.76. The molecule has 1 aliphatic heterocycles. The number of hydrogen-bond acceptors (Lipinski definition) is 6. The zero-order chi connectivity index (χ0) is 24.5. The summed E-state index contributed by atoms with van der Waals surface area (Å²) in [6.45, 7) is 5.69. The van der Waals surface area contributed by atoms with Gasteiger partial charge in [0.25, 0.3) is 0 Å². The number of benzene rings is 2. The first-order valence-corrected chi connectivity index (χ1v) is 13.1. The summed E-state index contributed by atoms with van der Waals surface area (Å²) in [6.07, 6.45) is 8.57. The third kappa shape index (κ3) is 4.56. The molecule has 0 amide bonds. The van der Waals surface area contributed by atoms with E-state index in [9.17, 15) is 0 Å². The minimum atomic E-state index is 0.424. The smallest absolute Gasteiger partial charge is 0.146 e. The highest BCUT2D eigenvalue weighted by molar-refractivity contribution is 6.00. The highest BCUT2D eigenvalue weighted by atomic mass is 16.5. The summed E-state index contributed by atoms with van der Waals surface area (Å²) in [6, 6.07) is 19.7. The number of nitrogen functional groups attached to an aromatic ring is 1. The second-order valence-corrected chi connectivity index (χ2v) is 10.2. The maximum absolute atomic E-state index is 6.40. The van der Waals surface area contributed by atoms with Crippen LogP contribution in [0.2, 0.25) is 0 Å². The summed E-state index contributed by atoms with van der Waals surface area (Å²) >= 11 is 0. The standard InChI is InChI=1S/C29H34N6O/c1-20-17-34(16-15-31-20)22-9-11-23(12-10-22)35-18-26(27-28(30)32-19-33-29(27)35)21-7-13-25(14-8-21)36-24-5-3-2-4-6-24/h2-8,13-14,18-20,22-23,31H,9-12,15-17H2,1H3,(H2,30,32,33)/t20-,22-,23-/m1/s1. The number of rotatable bonds is 5. The molecule has 0 bridgehead atoms. The Bertz CT molecular complexity index is 1310. The summed E-state index contributed by atoms with van der Waals surface area (Å²) in [7, 11) is 0. The van der Waals surface area contributed by atoms with Crippen molar-refractivity contribution in [2.45, 2.75) is 50.7 Å². The van der Waals surface area contributed by atoms with Gasteiger partial charge in [-0.25, -0.2) is 9.97 Å². The molecule has 7 nitrogen and oxygen atoms in total. The molecule has 2 fully saturated rings. The van der Waals surface area contributed by atoms with Gasteiger partial charge in [0.05, 0.1) is 5.39 Å². The number of nitrogens with zero attached hydrogens (tertiary/aromatic N) is 4. The topological polar surface area (TPSA) is 81.2 Å². The molecule has 2 aliphatic rings. The number of para-hydroxylation sites is 1. The van der Waals surface area contributed by atoms with Gasteiger partial charge in [0.15, 0.2) is 0 Å². The molecule has 7 heteroatoms. The number of hydrogen-bond donors (Lipinski definition) is 2. The van der Waals surface area contributed by atoms with Crippen molar-refractivity contribution in [2.75, 3.05) is 25.4 Å².